The van der Waals surface area contributed by atoms with Crippen molar-refractivity contribution in [1.82, 2.24) is 4.90 Å². The van der Waals surface area contributed by atoms with Crippen LogP contribution in [0.1, 0.15) is 42.1 Å². The molecule has 0 saturated carbocycles. The molecule has 1 aliphatic rings. The van der Waals surface area contributed by atoms with Gasteiger partial charge in [-0.15, -0.1) is 0 Å². The number of methoxy groups -OCH3 is 1. The van der Waals surface area contributed by atoms with Crippen molar-refractivity contribution in [1.29, 1.82) is 0 Å². The van der Waals surface area contributed by atoms with Crippen LogP contribution in [0.15, 0.2) is 78.4 Å². The van der Waals surface area contributed by atoms with Crippen LogP contribution < -0.4 is 9.47 Å². The number of ether oxygens (including phenoxy) is 3. The van der Waals surface area contributed by atoms with Crippen LogP contribution in [0, 0.1) is 6.92 Å². The number of aryl methyl sites for hydroxylation is 1. The third-order valence-electron chi connectivity index (χ3n) is 6.44. The minimum absolute atomic E-state index is 0.0168. The summed E-state index contributed by atoms with van der Waals surface area (Å²) in [5, 5.41) is 11.4. The molecule has 1 saturated heterocycles. The standard InChI is InChI=1S/C31H33NO6/c1-20(2)37-17-16-32-28(23-10-13-25(36-4)14-11-23)27(30(34)31(32)35)29(33)24-12-15-26(21(3)18-24)38-19-22-8-6-5-7-9-22/h5-15,18,20,28,33H,16-17,19H2,1-4H3/b29-27-. The lowest BCUT2D eigenvalue weighted by molar-refractivity contribution is -0.140. The number of Topliss-reactive ketones (excluding diaryl/α,β-unsaturated/α-hetero) is 1. The van der Waals surface area contributed by atoms with Crippen LogP contribution in [0.25, 0.3) is 5.76 Å². The van der Waals surface area contributed by atoms with Gasteiger partial charge in [0, 0.05) is 12.1 Å². The topological polar surface area (TPSA) is 85.3 Å². The van der Waals surface area contributed by atoms with E-state index in [-0.39, 0.29) is 30.6 Å². The first-order chi connectivity index (χ1) is 18.3. The van der Waals surface area contributed by atoms with Crippen molar-refractivity contribution in [3.05, 3.63) is 101 Å². The number of aliphatic hydroxyl groups excluding tert-OH is 1. The molecule has 4 rings (SSSR count). The monoisotopic (exact) mass is 515 g/mol. The lowest BCUT2D eigenvalue weighted by Gasteiger charge is -2.26. The molecule has 7 heteroatoms. The summed E-state index contributed by atoms with van der Waals surface area (Å²) in [7, 11) is 1.57. The van der Waals surface area contributed by atoms with Crippen molar-refractivity contribution in [2.75, 3.05) is 20.3 Å². The first kappa shape index (κ1) is 26.9. The number of hydrogen-bond donors (Lipinski definition) is 1. The van der Waals surface area contributed by atoms with E-state index in [1.807, 2.05) is 51.1 Å². The number of benzene rings is 3. The predicted molar refractivity (Wildman–Crippen MR) is 145 cm³/mol. The minimum Gasteiger partial charge on any atom is -0.507 e. The summed E-state index contributed by atoms with van der Waals surface area (Å²) in [6.07, 6.45) is -0.0168. The summed E-state index contributed by atoms with van der Waals surface area (Å²) < 4.78 is 16.9. The van der Waals surface area contributed by atoms with Gasteiger partial charge in [0.25, 0.3) is 11.7 Å². The van der Waals surface area contributed by atoms with Gasteiger partial charge in [-0.05, 0) is 67.8 Å². The summed E-state index contributed by atoms with van der Waals surface area (Å²) in [5.41, 5.74) is 3.01. The Morgan fingerprint density at radius 2 is 1.71 bits per heavy atom. The molecule has 1 heterocycles. The molecule has 0 radical (unpaired) electrons. The van der Waals surface area contributed by atoms with Gasteiger partial charge in [-0.25, -0.2) is 0 Å². The molecule has 1 fully saturated rings. The maximum Gasteiger partial charge on any atom is 0.295 e. The van der Waals surface area contributed by atoms with E-state index in [9.17, 15) is 14.7 Å². The third kappa shape index (κ3) is 5.89. The first-order valence-corrected chi connectivity index (χ1v) is 12.6. The number of hydrogen-bond acceptors (Lipinski definition) is 6. The molecular weight excluding hydrogens is 482 g/mol. The highest BCUT2D eigenvalue weighted by atomic mass is 16.5. The summed E-state index contributed by atoms with van der Waals surface area (Å²) in [6, 6.07) is 21.4. The molecule has 1 aliphatic heterocycles. The van der Waals surface area contributed by atoms with Crippen molar-refractivity contribution in [3.8, 4) is 11.5 Å². The van der Waals surface area contributed by atoms with Gasteiger partial charge in [0.05, 0.1) is 31.4 Å². The fraction of sp³-hybridized carbons (Fsp3) is 0.290. The van der Waals surface area contributed by atoms with Gasteiger partial charge in [-0.1, -0.05) is 42.5 Å². The molecule has 1 atom stereocenters. The van der Waals surface area contributed by atoms with E-state index in [0.717, 1.165) is 11.1 Å². The number of amides is 1. The van der Waals surface area contributed by atoms with E-state index in [2.05, 4.69) is 0 Å². The van der Waals surface area contributed by atoms with E-state index < -0.39 is 17.7 Å². The molecule has 38 heavy (non-hydrogen) atoms. The number of likely N-dealkylation sites (tertiary alicyclic amines) is 1. The minimum atomic E-state index is -0.758. The number of aliphatic hydroxyl groups is 1. The molecule has 1 amide bonds. The van der Waals surface area contributed by atoms with Gasteiger partial charge in [0.2, 0.25) is 0 Å². The molecule has 7 nitrogen and oxygen atoms in total. The van der Waals surface area contributed by atoms with Gasteiger partial charge in [-0.3, -0.25) is 9.59 Å². The van der Waals surface area contributed by atoms with Gasteiger partial charge >= 0.3 is 0 Å². The predicted octanol–water partition coefficient (Wildman–Crippen LogP) is 5.43. The van der Waals surface area contributed by atoms with Gasteiger partial charge in [-0.2, -0.15) is 0 Å². The van der Waals surface area contributed by atoms with E-state index in [1.165, 1.54) is 4.90 Å². The zero-order chi connectivity index (χ0) is 27.2. The second-order valence-electron chi connectivity index (χ2n) is 9.44. The Morgan fingerprint density at radius 3 is 2.34 bits per heavy atom. The second-order valence-corrected chi connectivity index (χ2v) is 9.44. The molecule has 0 aliphatic carbocycles. The summed E-state index contributed by atoms with van der Waals surface area (Å²) in [5.74, 6) is -0.303. The first-order valence-electron chi connectivity index (χ1n) is 12.6. The zero-order valence-electron chi connectivity index (χ0n) is 22.1. The van der Waals surface area contributed by atoms with Crippen LogP contribution in [0.5, 0.6) is 11.5 Å². The largest absolute Gasteiger partial charge is 0.507 e. The van der Waals surface area contributed by atoms with Crippen molar-refractivity contribution < 1.29 is 28.9 Å². The summed E-state index contributed by atoms with van der Waals surface area (Å²) >= 11 is 0. The molecule has 1 unspecified atom stereocenters. The Labute approximate surface area is 223 Å². The van der Waals surface area contributed by atoms with Crippen LogP contribution in [0.2, 0.25) is 0 Å². The van der Waals surface area contributed by atoms with Crippen molar-refractivity contribution in [2.45, 2.75) is 39.5 Å². The molecule has 3 aromatic carbocycles. The van der Waals surface area contributed by atoms with Gasteiger partial charge in [0.15, 0.2) is 0 Å². The zero-order valence-corrected chi connectivity index (χ0v) is 22.1. The lowest BCUT2D eigenvalue weighted by Crippen LogP contribution is -2.33. The average Bonchev–Trinajstić information content (AvgIpc) is 3.17. The van der Waals surface area contributed by atoms with Crippen LogP contribution in [-0.2, 0) is 20.9 Å². The smallest absolute Gasteiger partial charge is 0.295 e. The molecule has 3 aromatic rings. The third-order valence-corrected chi connectivity index (χ3v) is 6.44. The van der Waals surface area contributed by atoms with E-state index >= 15 is 0 Å². The summed E-state index contributed by atoms with van der Waals surface area (Å²) in [6.45, 7) is 6.58. The number of carbonyl (C=O) groups excluding carboxylic acids is 2. The molecule has 0 bridgehead atoms. The van der Waals surface area contributed by atoms with Crippen LogP contribution in [0.3, 0.4) is 0 Å². The number of rotatable bonds is 10. The molecule has 0 aromatic heterocycles. The Balaban J connectivity index is 1.68. The molecule has 198 valence electrons. The normalized spacial score (nSPS) is 16.8. The fourth-order valence-corrected chi connectivity index (χ4v) is 4.48. The van der Waals surface area contributed by atoms with E-state index in [1.54, 1.807) is 49.6 Å². The maximum absolute atomic E-state index is 13.2. The SMILES string of the molecule is COc1ccc(C2/C(=C(/O)c3ccc(OCc4ccccc4)c(C)c3)C(=O)C(=O)N2CCOC(C)C)cc1. The highest BCUT2D eigenvalue weighted by Crippen LogP contribution is 2.40. The lowest BCUT2D eigenvalue weighted by atomic mass is 9.94. The molecule has 0 spiro atoms. The van der Waals surface area contributed by atoms with Gasteiger partial charge < -0.3 is 24.2 Å². The number of nitrogens with zero attached hydrogens (tertiary/aromatic N) is 1. The van der Waals surface area contributed by atoms with E-state index in [4.69, 9.17) is 14.2 Å². The quantitative estimate of drug-likeness (QED) is 0.220. The Kier molecular flexibility index (Phi) is 8.48. The number of ketones is 1. The molecule has 1 N–H and O–H groups in total. The van der Waals surface area contributed by atoms with Crippen molar-refractivity contribution in [2.24, 2.45) is 0 Å². The highest BCUT2D eigenvalue weighted by molar-refractivity contribution is 6.46. The van der Waals surface area contributed by atoms with Crippen molar-refractivity contribution >= 4 is 17.4 Å². The Hall–Kier alpha value is -4.10. The van der Waals surface area contributed by atoms with Gasteiger partial charge in [0.1, 0.15) is 23.9 Å². The van der Waals surface area contributed by atoms with Crippen LogP contribution in [-0.4, -0.2) is 48.1 Å². The van der Waals surface area contributed by atoms with E-state index in [0.29, 0.717) is 29.2 Å². The van der Waals surface area contributed by atoms with Crippen LogP contribution in [0.4, 0.5) is 0 Å². The maximum atomic E-state index is 13.2. The van der Waals surface area contributed by atoms with Crippen molar-refractivity contribution in [3.63, 3.8) is 0 Å². The van der Waals surface area contributed by atoms with Crippen LogP contribution >= 0.6 is 0 Å². The fourth-order valence-electron chi connectivity index (χ4n) is 4.48. The Morgan fingerprint density at radius 1 is 1.00 bits per heavy atom. The average molecular weight is 516 g/mol. The highest BCUT2D eigenvalue weighted by Gasteiger charge is 2.46. The summed E-state index contributed by atoms with van der Waals surface area (Å²) in [4.78, 5) is 27.8. The Bertz CT molecular complexity index is 1310. The second kappa shape index (κ2) is 12.0. The molecular formula is C31H33NO6. The number of carbonyl (C=O) groups is 2.